The molecule has 2 aromatic rings. The third-order valence-electron chi connectivity index (χ3n) is 5.33. The van der Waals surface area contributed by atoms with Gasteiger partial charge in [0.1, 0.15) is 0 Å². The highest BCUT2D eigenvalue weighted by molar-refractivity contribution is 5.24. The molecule has 1 atom stereocenters. The second-order valence-corrected chi connectivity index (χ2v) is 7.68. The maximum atomic E-state index is 2.69. The predicted octanol–water partition coefficient (Wildman–Crippen LogP) is 4.63. The number of nitrogens with zero attached hydrogens (tertiary/aromatic N) is 2. The molecule has 1 unspecified atom stereocenters. The second-order valence-electron chi connectivity index (χ2n) is 7.68. The maximum Gasteiger partial charge on any atom is 0.0389 e. The molecule has 2 aromatic carbocycles. The van der Waals surface area contributed by atoms with Crippen molar-refractivity contribution in [2.75, 3.05) is 32.7 Å². The van der Waals surface area contributed by atoms with Gasteiger partial charge in [-0.05, 0) is 36.4 Å². The smallest absolute Gasteiger partial charge is 0.0389 e. The van der Waals surface area contributed by atoms with Crippen molar-refractivity contribution < 1.29 is 0 Å². The summed E-state index contributed by atoms with van der Waals surface area (Å²) in [6.45, 7) is 10.6. The molecular formula is C23H32N2. The molecule has 0 amide bonds. The van der Waals surface area contributed by atoms with Gasteiger partial charge in [0.05, 0.1) is 0 Å². The molecule has 134 valence electrons. The van der Waals surface area contributed by atoms with Crippen molar-refractivity contribution >= 4 is 0 Å². The summed E-state index contributed by atoms with van der Waals surface area (Å²) >= 11 is 0. The molecule has 25 heavy (non-hydrogen) atoms. The van der Waals surface area contributed by atoms with Crippen LogP contribution in [0.4, 0.5) is 0 Å². The molecule has 3 rings (SSSR count). The Morgan fingerprint density at radius 3 is 2.00 bits per heavy atom. The van der Waals surface area contributed by atoms with Gasteiger partial charge in [0.15, 0.2) is 0 Å². The summed E-state index contributed by atoms with van der Waals surface area (Å²) in [4.78, 5) is 5.33. The highest BCUT2D eigenvalue weighted by atomic mass is 15.3. The van der Waals surface area contributed by atoms with Gasteiger partial charge >= 0.3 is 0 Å². The number of benzene rings is 2. The molecule has 0 aromatic heterocycles. The summed E-state index contributed by atoms with van der Waals surface area (Å²) in [5.74, 6) is 0.799. The summed E-state index contributed by atoms with van der Waals surface area (Å²) in [6.07, 6.45) is 2.41. The third kappa shape index (κ3) is 5.42. The van der Waals surface area contributed by atoms with E-state index < -0.39 is 0 Å². The Hall–Kier alpha value is -1.64. The fourth-order valence-corrected chi connectivity index (χ4v) is 3.71. The van der Waals surface area contributed by atoms with Crippen molar-refractivity contribution in [1.82, 2.24) is 9.80 Å². The Kier molecular flexibility index (Phi) is 6.66. The number of hydrogen-bond acceptors (Lipinski definition) is 2. The van der Waals surface area contributed by atoms with Crippen molar-refractivity contribution in [2.24, 2.45) is 5.92 Å². The minimum atomic E-state index is 0.482. The van der Waals surface area contributed by atoms with E-state index in [0.29, 0.717) is 6.04 Å². The maximum absolute atomic E-state index is 2.69. The normalized spacial score (nSPS) is 17.7. The van der Waals surface area contributed by atoms with Crippen LogP contribution in [0.1, 0.15) is 37.4 Å². The van der Waals surface area contributed by atoms with Crippen molar-refractivity contribution in [2.45, 2.75) is 32.7 Å². The van der Waals surface area contributed by atoms with Gasteiger partial charge in [-0.15, -0.1) is 0 Å². The number of hydrogen-bond donors (Lipinski definition) is 0. The molecule has 1 saturated heterocycles. The minimum absolute atomic E-state index is 0.482. The molecule has 0 bridgehead atoms. The summed E-state index contributed by atoms with van der Waals surface area (Å²) in [7, 11) is 0. The lowest BCUT2D eigenvalue weighted by Crippen LogP contribution is -2.48. The molecule has 2 heteroatoms. The van der Waals surface area contributed by atoms with E-state index in [4.69, 9.17) is 0 Å². The first kappa shape index (κ1) is 18.2. The topological polar surface area (TPSA) is 6.48 Å². The molecule has 2 nitrogen and oxygen atoms in total. The van der Waals surface area contributed by atoms with Crippen molar-refractivity contribution in [3.8, 4) is 0 Å². The van der Waals surface area contributed by atoms with Crippen LogP contribution in [0.5, 0.6) is 0 Å². The minimum Gasteiger partial charge on any atom is -0.301 e. The zero-order valence-corrected chi connectivity index (χ0v) is 15.8. The largest absolute Gasteiger partial charge is 0.301 e. The molecule has 1 aliphatic heterocycles. The zero-order valence-electron chi connectivity index (χ0n) is 15.8. The van der Waals surface area contributed by atoms with Crippen LogP contribution in [-0.4, -0.2) is 42.5 Å². The fourth-order valence-electron chi connectivity index (χ4n) is 3.71. The Balaban J connectivity index is 1.66. The van der Waals surface area contributed by atoms with Crippen LogP contribution >= 0.6 is 0 Å². The molecule has 0 N–H and O–H groups in total. The summed E-state index contributed by atoms with van der Waals surface area (Å²) < 4.78 is 0. The van der Waals surface area contributed by atoms with Crippen LogP contribution in [0.25, 0.3) is 0 Å². The van der Waals surface area contributed by atoms with Crippen molar-refractivity contribution in [1.29, 1.82) is 0 Å². The van der Waals surface area contributed by atoms with Gasteiger partial charge < -0.3 is 4.90 Å². The van der Waals surface area contributed by atoms with Gasteiger partial charge in [0, 0.05) is 32.2 Å². The van der Waals surface area contributed by atoms with E-state index in [1.165, 1.54) is 50.3 Å². The van der Waals surface area contributed by atoms with E-state index in [9.17, 15) is 0 Å². The average Bonchev–Trinajstić information content (AvgIpc) is 2.66. The third-order valence-corrected chi connectivity index (χ3v) is 5.33. The summed E-state index contributed by atoms with van der Waals surface area (Å²) in [6, 6.07) is 22.5. The van der Waals surface area contributed by atoms with Crippen molar-refractivity contribution in [3.63, 3.8) is 0 Å². The quantitative estimate of drug-likeness (QED) is 0.727. The van der Waals surface area contributed by atoms with E-state index in [1.807, 2.05) is 0 Å². The average molecular weight is 337 g/mol. The van der Waals surface area contributed by atoms with Gasteiger partial charge in [-0.3, -0.25) is 4.90 Å². The molecule has 0 saturated carbocycles. The first-order valence-electron chi connectivity index (χ1n) is 9.77. The van der Waals surface area contributed by atoms with Crippen LogP contribution in [0.15, 0.2) is 60.7 Å². The van der Waals surface area contributed by atoms with Crippen LogP contribution in [0, 0.1) is 5.92 Å². The molecule has 0 radical (unpaired) electrons. The van der Waals surface area contributed by atoms with E-state index >= 15 is 0 Å². The highest BCUT2D eigenvalue weighted by Crippen LogP contribution is 2.26. The van der Waals surface area contributed by atoms with Crippen LogP contribution < -0.4 is 0 Å². The number of rotatable bonds is 7. The van der Waals surface area contributed by atoms with Gasteiger partial charge in [0.2, 0.25) is 0 Å². The highest BCUT2D eigenvalue weighted by Gasteiger charge is 2.25. The standard InChI is InChI=1S/C23H32N2/c1-20(2)13-14-24-15-17-25(18-16-24)23(22-11-7-4-8-12-22)19-21-9-5-3-6-10-21/h3-12,20,23H,13-19H2,1-2H3. The number of piperazine rings is 1. The Morgan fingerprint density at radius 1 is 0.800 bits per heavy atom. The fraction of sp³-hybridized carbons (Fsp3) is 0.478. The van der Waals surface area contributed by atoms with E-state index in [2.05, 4.69) is 84.3 Å². The molecule has 1 aliphatic rings. The Bertz CT molecular complexity index is 601. The Labute approximate surface area is 153 Å². The zero-order chi connectivity index (χ0) is 17.5. The van der Waals surface area contributed by atoms with Gasteiger partial charge in [-0.25, -0.2) is 0 Å². The molecule has 0 aliphatic carbocycles. The molecule has 0 spiro atoms. The first-order valence-corrected chi connectivity index (χ1v) is 9.77. The van der Waals surface area contributed by atoms with E-state index in [0.717, 1.165) is 12.3 Å². The predicted molar refractivity (Wildman–Crippen MR) is 107 cm³/mol. The SMILES string of the molecule is CC(C)CCN1CCN(C(Cc2ccccc2)c2ccccc2)CC1. The first-order chi connectivity index (χ1) is 12.2. The lowest BCUT2D eigenvalue weighted by molar-refractivity contribution is 0.0925. The van der Waals surface area contributed by atoms with Crippen molar-refractivity contribution in [3.05, 3.63) is 71.8 Å². The van der Waals surface area contributed by atoms with E-state index in [1.54, 1.807) is 0 Å². The van der Waals surface area contributed by atoms with Crippen LogP contribution in [0.2, 0.25) is 0 Å². The van der Waals surface area contributed by atoms with Gasteiger partial charge in [-0.1, -0.05) is 74.5 Å². The molecule has 1 heterocycles. The van der Waals surface area contributed by atoms with Crippen LogP contribution in [-0.2, 0) is 6.42 Å². The van der Waals surface area contributed by atoms with Gasteiger partial charge in [-0.2, -0.15) is 0 Å². The van der Waals surface area contributed by atoms with E-state index in [-0.39, 0.29) is 0 Å². The molecular weight excluding hydrogens is 304 g/mol. The lowest BCUT2D eigenvalue weighted by Gasteiger charge is -2.40. The van der Waals surface area contributed by atoms with Crippen LogP contribution in [0.3, 0.4) is 0 Å². The monoisotopic (exact) mass is 336 g/mol. The summed E-state index contributed by atoms with van der Waals surface area (Å²) in [5.41, 5.74) is 2.88. The second kappa shape index (κ2) is 9.17. The lowest BCUT2D eigenvalue weighted by atomic mass is 9.96. The summed E-state index contributed by atoms with van der Waals surface area (Å²) in [5, 5.41) is 0. The van der Waals surface area contributed by atoms with Gasteiger partial charge in [0.25, 0.3) is 0 Å². The molecule has 1 fully saturated rings. The Morgan fingerprint density at radius 2 is 1.40 bits per heavy atom.